The molecule has 2 unspecified atom stereocenters. The van der Waals surface area contributed by atoms with Crippen molar-refractivity contribution in [2.75, 3.05) is 7.05 Å². The number of likely N-dealkylation sites (tertiary alicyclic amines) is 1. The number of imide groups is 1. The molecule has 0 radical (unpaired) electrons. The number of nitrogens with zero attached hydrogens (tertiary/aromatic N) is 1. The van der Waals surface area contributed by atoms with Crippen LogP contribution in [0, 0.1) is 5.92 Å². The summed E-state index contributed by atoms with van der Waals surface area (Å²) in [5.41, 5.74) is 0.477. The van der Waals surface area contributed by atoms with E-state index in [1.807, 2.05) is 30.3 Å². The van der Waals surface area contributed by atoms with E-state index in [2.05, 4.69) is 0 Å². The SMILES string of the molecule is CN1C(=O)C2CC2(c2ccccc2)C1=O. The van der Waals surface area contributed by atoms with Crippen molar-refractivity contribution in [3.8, 4) is 0 Å². The minimum absolute atomic E-state index is 0.0242. The normalized spacial score (nSPS) is 33.1. The Morgan fingerprint density at radius 3 is 2.47 bits per heavy atom. The van der Waals surface area contributed by atoms with Crippen LogP contribution in [0.3, 0.4) is 0 Å². The van der Waals surface area contributed by atoms with Crippen molar-refractivity contribution in [2.24, 2.45) is 5.92 Å². The van der Waals surface area contributed by atoms with Gasteiger partial charge in [0.2, 0.25) is 11.8 Å². The average molecular weight is 201 g/mol. The third-order valence-corrected chi connectivity index (χ3v) is 3.56. The first-order chi connectivity index (χ1) is 7.18. The zero-order chi connectivity index (χ0) is 10.6. The van der Waals surface area contributed by atoms with Gasteiger partial charge in [0.15, 0.2) is 0 Å². The van der Waals surface area contributed by atoms with Gasteiger partial charge in [-0.25, -0.2) is 0 Å². The van der Waals surface area contributed by atoms with Crippen LogP contribution in [0.5, 0.6) is 0 Å². The Morgan fingerprint density at radius 1 is 1.27 bits per heavy atom. The van der Waals surface area contributed by atoms with Crippen molar-refractivity contribution in [1.82, 2.24) is 4.90 Å². The van der Waals surface area contributed by atoms with Gasteiger partial charge in [-0.3, -0.25) is 14.5 Å². The van der Waals surface area contributed by atoms with Crippen molar-refractivity contribution in [3.05, 3.63) is 35.9 Å². The highest BCUT2D eigenvalue weighted by Crippen LogP contribution is 2.59. The van der Waals surface area contributed by atoms with Crippen LogP contribution in [0.4, 0.5) is 0 Å². The molecule has 2 aliphatic rings. The second-order valence-corrected chi connectivity index (χ2v) is 4.30. The van der Waals surface area contributed by atoms with Crippen molar-refractivity contribution >= 4 is 11.8 Å². The van der Waals surface area contributed by atoms with E-state index >= 15 is 0 Å². The van der Waals surface area contributed by atoms with E-state index < -0.39 is 5.41 Å². The molecule has 0 spiro atoms. The second kappa shape index (κ2) is 2.48. The molecule has 2 atom stereocenters. The molecule has 1 aliphatic carbocycles. The van der Waals surface area contributed by atoms with Crippen LogP contribution in [0.15, 0.2) is 30.3 Å². The highest BCUT2D eigenvalue weighted by Gasteiger charge is 2.71. The quantitative estimate of drug-likeness (QED) is 0.634. The van der Waals surface area contributed by atoms with Crippen LogP contribution in [-0.4, -0.2) is 23.8 Å². The first kappa shape index (κ1) is 8.65. The Balaban J connectivity index is 2.09. The van der Waals surface area contributed by atoms with Gasteiger partial charge in [-0.2, -0.15) is 0 Å². The first-order valence-electron chi connectivity index (χ1n) is 5.05. The van der Waals surface area contributed by atoms with E-state index in [4.69, 9.17) is 0 Å². The monoisotopic (exact) mass is 201 g/mol. The predicted octanol–water partition coefficient (Wildman–Crippen LogP) is 0.943. The Hall–Kier alpha value is -1.64. The molecule has 3 rings (SSSR count). The molecule has 15 heavy (non-hydrogen) atoms. The fourth-order valence-corrected chi connectivity index (χ4v) is 2.61. The van der Waals surface area contributed by atoms with Crippen molar-refractivity contribution < 1.29 is 9.59 Å². The Bertz CT molecular complexity index is 454. The number of rotatable bonds is 1. The van der Waals surface area contributed by atoms with Gasteiger partial charge in [-0.1, -0.05) is 30.3 Å². The van der Waals surface area contributed by atoms with Crippen LogP contribution in [0.2, 0.25) is 0 Å². The van der Waals surface area contributed by atoms with E-state index in [9.17, 15) is 9.59 Å². The van der Waals surface area contributed by atoms with Crippen LogP contribution in [-0.2, 0) is 15.0 Å². The summed E-state index contributed by atoms with van der Waals surface area (Å²) in [5, 5.41) is 0. The number of hydrogen-bond donors (Lipinski definition) is 0. The topological polar surface area (TPSA) is 37.4 Å². The van der Waals surface area contributed by atoms with E-state index in [1.54, 1.807) is 7.05 Å². The van der Waals surface area contributed by atoms with Crippen LogP contribution < -0.4 is 0 Å². The zero-order valence-electron chi connectivity index (χ0n) is 8.43. The molecule has 0 aromatic heterocycles. The molecule has 1 heterocycles. The van der Waals surface area contributed by atoms with Gasteiger partial charge in [0, 0.05) is 7.05 Å². The van der Waals surface area contributed by atoms with Crippen molar-refractivity contribution in [3.63, 3.8) is 0 Å². The molecule has 1 aromatic rings. The van der Waals surface area contributed by atoms with Gasteiger partial charge in [0.05, 0.1) is 11.3 Å². The number of carbonyl (C=O) groups is 2. The minimum atomic E-state index is -0.507. The summed E-state index contributed by atoms with van der Waals surface area (Å²) >= 11 is 0. The lowest BCUT2D eigenvalue weighted by Gasteiger charge is -2.14. The van der Waals surface area contributed by atoms with Gasteiger partial charge >= 0.3 is 0 Å². The van der Waals surface area contributed by atoms with Crippen LogP contribution in [0.1, 0.15) is 12.0 Å². The largest absolute Gasteiger partial charge is 0.285 e. The fraction of sp³-hybridized carbons (Fsp3) is 0.333. The van der Waals surface area contributed by atoms with Crippen molar-refractivity contribution in [1.29, 1.82) is 0 Å². The molecule has 3 nitrogen and oxygen atoms in total. The van der Waals surface area contributed by atoms with Crippen LogP contribution in [0.25, 0.3) is 0 Å². The maximum atomic E-state index is 12.0. The highest BCUT2D eigenvalue weighted by molar-refractivity contribution is 6.14. The van der Waals surface area contributed by atoms with Crippen LogP contribution >= 0.6 is 0 Å². The van der Waals surface area contributed by atoms with E-state index in [0.717, 1.165) is 5.56 Å². The number of hydrogen-bond acceptors (Lipinski definition) is 2. The molecule has 3 heteroatoms. The fourth-order valence-electron chi connectivity index (χ4n) is 2.61. The number of carbonyl (C=O) groups excluding carboxylic acids is 2. The summed E-state index contributed by atoms with van der Waals surface area (Å²) in [5.74, 6) is -0.162. The maximum absolute atomic E-state index is 12.0. The maximum Gasteiger partial charge on any atom is 0.240 e. The smallest absolute Gasteiger partial charge is 0.240 e. The van der Waals surface area contributed by atoms with Gasteiger partial charge in [-0.05, 0) is 12.0 Å². The number of amides is 2. The van der Waals surface area contributed by atoms with E-state index in [0.29, 0.717) is 6.42 Å². The summed E-state index contributed by atoms with van der Waals surface area (Å²) in [4.78, 5) is 24.9. The molecule has 1 saturated heterocycles. The predicted molar refractivity (Wildman–Crippen MR) is 54.0 cm³/mol. The Kier molecular flexibility index (Phi) is 1.43. The molecular weight excluding hydrogens is 190 g/mol. The number of benzene rings is 1. The van der Waals surface area contributed by atoms with E-state index in [-0.39, 0.29) is 17.7 Å². The molecule has 2 fully saturated rings. The highest BCUT2D eigenvalue weighted by atomic mass is 16.2. The number of piperidine rings is 1. The lowest BCUT2D eigenvalue weighted by molar-refractivity contribution is -0.140. The van der Waals surface area contributed by atoms with Gasteiger partial charge in [-0.15, -0.1) is 0 Å². The molecule has 2 amide bonds. The summed E-state index contributed by atoms with van der Waals surface area (Å²) in [6.45, 7) is 0. The van der Waals surface area contributed by atoms with E-state index in [1.165, 1.54) is 4.90 Å². The molecule has 76 valence electrons. The summed E-state index contributed by atoms with van der Waals surface area (Å²) < 4.78 is 0. The molecule has 0 bridgehead atoms. The van der Waals surface area contributed by atoms with Gasteiger partial charge in [0.25, 0.3) is 0 Å². The third kappa shape index (κ3) is 0.856. The Labute approximate surface area is 87.7 Å². The molecule has 1 saturated carbocycles. The zero-order valence-corrected chi connectivity index (χ0v) is 8.43. The van der Waals surface area contributed by atoms with Crippen molar-refractivity contribution in [2.45, 2.75) is 11.8 Å². The lowest BCUT2D eigenvalue weighted by atomic mass is 9.94. The lowest BCUT2D eigenvalue weighted by Crippen LogP contribution is -2.32. The Morgan fingerprint density at radius 2 is 1.93 bits per heavy atom. The summed E-state index contributed by atoms with van der Waals surface area (Å²) in [7, 11) is 1.57. The molecule has 1 aliphatic heterocycles. The minimum Gasteiger partial charge on any atom is -0.285 e. The number of fused-ring (bicyclic) bond motifs is 1. The molecular formula is C12H11NO2. The summed E-state index contributed by atoms with van der Waals surface area (Å²) in [6.07, 6.45) is 0.693. The molecule has 0 N–H and O–H groups in total. The number of likely N-dealkylation sites (N-methyl/N-ethyl adjacent to an activating group) is 1. The molecule has 1 aromatic carbocycles. The summed E-state index contributed by atoms with van der Waals surface area (Å²) in [6, 6.07) is 9.61. The van der Waals surface area contributed by atoms with Gasteiger partial charge < -0.3 is 0 Å². The third-order valence-electron chi connectivity index (χ3n) is 3.56. The van der Waals surface area contributed by atoms with Gasteiger partial charge in [0.1, 0.15) is 0 Å². The standard InChI is InChI=1S/C12H11NO2/c1-13-10(14)9-7-12(9,11(13)15)8-5-3-2-4-6-8/h2-6,9H,7H2,1H3. The second-order valence-electron chi connectivity index (χ2n) is 4.30. The first-order valence-corrected chi connectivity index (χ1v) is 5.05. The average Bonchev–Trinajstić information content (AvgIpc) is 2.99.